The number of hydrogen-bond acceptors (Lipinski definition) is 7. The molecule has 0 unspecified atom stereocenters. The number of benzene rings is 3. The molecule has 8 nitrogen and oxygen atoms in total. The maximum Gasteiger partial charge on any atom is 0.291 e. The van der Waals surface area contributed by atoms with Crippen molar-refractivity contribution < 1.29 is 9.15 Å². The number of aromatic nitrogens is 5. The highest BCUT2D eigenvalue weighted by atomic mass is 32.1. The van der Waals surface area contributed by atoms with E-state index in [4.69, 9.17) is 14.3 Å². The molecule has 7 aromatic rings. The van der Waals surface area contributed by atoms with E-state index in [2.05, 4.69) is 10.1 Å². The van der Waals surface area contributed by atoms with Gasteiger partial charge in [-0.1, -0.05) is 47.7 Å². The topological polar surface area (TPSA) is 87.4 Å². The summed E-state index contributed by atoms with van der Waals surface area (Å²) in [6.07, 6.45) is 3.79. The van der Waals surface area contributed by atoms with Gasteiger partial charge in [-0.15, -0.1) is 5.10 Å². The predicted molar refractivity (Wildman–Crippen MR) is 156 cm³/mol. The third-order valence-electron chi connectivity index (χ3n) is 6.72. The standard InChI is InChI=1S/C31H23N5O3S/c1-3-38-23-15-13-20(14-16-23)27-21(18-35(33-27)22-9-5-4-6-10-22)17-26-30(37)36-31(40-26)32-29(34-36)28-19(2)24-11-7-8-12-25(24)39-28/h4-18H,3H2,1-2H3/b26-17-. The SMILES string of the molecule is CCOc1ccc(-c2nn(-c3ccccc3)cc2/C=c2\sc3nc(-c4oc5ccccc5c4C)nn3c2=O)cc1. The first-order valence-electron chi connectivity index (χ1n) is 12.9. The second kappa shape index (κ2) is 9.62. The van der Waals surface area contributed by atoms with Crippen LogP contribution in [0.3, 0.4) is 0 Å². The van der Waals surface area contributed by atoms with E-state index in [1.54, 1.807) is 0 Å². The van der Waals surface area contributed by atoms with Gasteiger partial charge in [0.2, 0.25) is 10.8 Å². The average molecular weight is 546 g/mol. The number of hydrogen-bond donors (Lipinski definition) is 0. The third-order valence-corrected chi connectivity index (χ3v) is 7.68. The van der Waals surface area contributed by atoms with Gasteiger partial charge < -0.3 is 9.15 Å². The Morgan fingerprint density at radius 2 is 1.75 bits per heavy atom. The smallest absolute Gasteiger partial charge is 0.291 e. The molecule has 0 fully saturated rings. The summed E-state index contributed by atoms with van der Waals surface area (Å²) in [6, 6.07) is 25.5. The summed E-state index contributed by atoms with van der Waals surface area (Å²) < 4.78 is 15.3. The van der Waals surface area contributed by atoms with Crippen LogP contribution in [-0.4, -0.2) is 31.0 Å². The molecule has 9 heteroatoms. The summed E-state index contributed by atoms with van der Waals surface area (Å²) in [4.78, 5) is 18.6. The summed E-state index contributed by atoms with van der Waals surface area (Å²) in [7, 11) is 0. The quantitative estimate of drug-likeness (QED) is 0.268. The Balaban J connectivity index is 1.33. The van der Waals surface area contributed by atoms with Gasteiger partial charge in [-0.2, -0.15) is 14.6 Å². The summed E-state index contributed by atoms with van der Waals surface area (Å²) in [5.41, 5.74) is 4.87. The monoisotopic (exact) mass is 545 g/mol. The zero-order valence-electron chi connectivity index (χ0n) is 21.7. The summed E-state index contributed by atoms with van der Waals surface area (Å²) in [6.45, 7) is 4.52. The molecule has 0 aliphatic carbocycles. The molecule has 196 valence electrons. The minimum absolute atomic E-state index is 0.238. The van der Waals surface area contributed by atoms with E-state index < -0.39 is 0 Å². The molecule has 0 radical (unpaired) electrons. The van der Waals surface area contributed by atoms with Gasteiger partial charge in [0.1, 0.15) is 17.0 Å². The third kappa shape index (κ3) is 4.07. The van der Waals surface area contributed by atoms with Crippen LogP contribution in [0.25, 0.3) is 50.5 Å². The highest BCUT2D eigenvalue weighted by Gasteiger charge is 2.19. The highest BCUT2D eigenvalue weighted by Crippen LogP contribution is 2.31. The van der Waals surface area contributed by atoms with Gasteiger partial charge in [0.05, 0.1) is 16.8 Å². The molecule has 0 aliphatic rings. The molecular formula is C31H23N5O3S. The molecule has 0 saturated carbocycles. The van der Waals surface area contributed by atoms with Crippen LogP contribution >= 0.6 is 11.3 Å². The Hall–Kier alpha value is -5.02. The predicted octanol–water partition coefficient (Wildman–Crippen LogP) is 5.67. The van der Waals surface area contributed by atoms with Crippen LogP contribution in [0.15, 0.2) is 94.3 Å². The molecule has 40 heavy (non-hydrogen) atoms. The lowest BCUT2D eigenvalue weighted by Crippen LogP contribution is -2.23. The summed E-state index contributed by atoms with van der Waals surface area (Å²) in [5.74, 6) is 1.77. The molecule has 4 aromatic heterocycles. The highest BCUT2D eigenvalue weighted by molar-refractivity contribution is 7.15. The molecule has 7 rings (SSSR count). The largest absolute Gasteiger partial charge is 0.494 e. The fraction of sp³-hybridized carbons (Fsp3) is 0.0968. The normalized spacial score (nSPS) is 12.1. The van der Waals surface area contributed by atoms with Crippen molar-refractivity contribution >= 4 is 33.3 Å². The second-order valence-corrected chi connectivity index (χ2v) is 10.3. The molecular weight excluding hydrogens is 522 g/mol. The van der Waals surface area contributed by atoms with Crippen LogP contribution in [0.4, 0.5) is 0 Å². The van der Waals surface area contributed by atoms with Crippen LogP contribution in [0.2, 0.25) is 0 Å². The lowest BCUT2D eigenvalue weighted by molar-refractivity contribution is 0.340. The first-order valence-corrected chi connectivity index (χ1v) is 13.7. The molecule has 4 heterocycles. The first kappa shape index (κ1) is 24.1. The number of ether oxygens (including phenoxy) is 1. The van der Waals surface area contributed by atoms with Crippen molar-refractivity contribution in [2.24, 2.45) is 0 Å². The molecule has 0 saturated heterocycles. The van der Waals surface area contributed by atoms with E-state index >= 15 is 0 Å². The molecule has 0 atom stereocenters. The van der Waals surface area contributed by atoms with Crippen molar-refractivity contribution in [1.29, 1.82) is 0 Å². The van der Waals surface area contributed by atoms with Crippen molar-refractivity contribution in [1.82, 2.24) is 24.4 Å². The number of furan rings is 1. The minimum atomic E-state index is -0.238. The van der Waals surface area contributed by atoms with Crippen LogP contribution < -0.4 is 14.8 Å². The Labute approximate surface area is 232 Å². The van der Waals surface area contributed by atoms with Crippen molar-refractivity contribution in [2.45, 2.75) is 13.8 Å². The lowest BCUT2D eigenvalue weighted by Gasteiger charge is -2.04. The Bertz CT molecular complexity index is 2100. The van der Waals surface area contributed by atoms with Crippen molar-refractivity contribution in [3.8, 4) is 34.3 Å². The summed E-state index contributed by atoms with van der Waals surface area (Å²) in [5, 5.41) is 10.4. The van der Waals surface area contributed by atoms with E-state index in [9.17, 15) is 4.79 Å². The van der Waals surface area contributed by atoms with Crippen molar-refractivity contribution in [3.63, 3.8) is 0 Å². The second-order valence-electron chi connectivity index (χ2n) is 9.27. The van der Waals surface area contributed by atoms with Crippen LogP contribution in [-0.2, 0) is 0 Å². The Morgan fingerprint density at radius 1 is 0.975 bits per heavy atom. The van der Waals surface area contributed by atoms with Crippen LogP contribution in [0.1, 0.15) is 18.1 Å². The van der Waals surface area contributed by atoms with E-state index in [0.717, 1.165) is 44.8 Å². The van der Waals surface area contributed by atoms with Gasteiger partial charge in [-0.05, 0) is 62.4 Å². The Kier molecular flexibility index (Phi) is 5.78. The van der Waals surface area contributed by atoms with E-state index in [1.807, 2.05) is 110 Å². The maximum atomic E-state index is 13.4. The van der Waals surface area contributed by atoms with Gasteiger partial charge in [-0.3, -0.25) is 4.79 Å². The van der Waals surface area contributed by atoms with Crippen LogP contribution in [0.5, 0.6) is 5.75 Å². The maximum absolute atomic E-state index is 13.4. The molecule has 0 amide bonds. The average Bonchev–Trinajstić information content (AvgIpc) is 3.74. The first-order chi connectivity index (χ1) is 19.6. The lowest BCUT2D eigenvalue weighted by atomic mass is 10.1. The van der Waals surface area contributed by atoms with Crippen LogP contribution in [0, 0.1) is 6.92 Å². The zero-order valence-corrected chi connectivity index (χ0v) is 22.6. The Morgan fingerprint density at radius 3 is 2.50 bits per heavy atom. The van der Waals surface area contributed by atoms with Gasteiger partial charge in [0.25, 0.3) is 5.56 Å². The van der Waals surface area contributed by atoms with E-state index in [1.165, 1.54) is 15.9 Å². The number of thiazole rings is 1. The molecule has 0 aliphatic heterocycles. The van der Waals surface area contributed by atoms with Gasteiger partial charge in [-0.25, -0.2) is 4.68 Å². The number of fused-ring (bicyclic) bond motifs is 2. The molecule has 0 N–H and O–H groups in total. The van der Waals surface area contributed by atoms with E-state index in [-0.39, 0.29) is 5.56 Å². The van der Waals surface area contributed by atoms with Crippen molar-refractivity contribution in [3.05, 3.63) is 111 Å². The fourth-order valence-electron chi connectivity index (χ4n) is 4.76. The number of nitrogens with zero attached hydrogens (tertiary/aromatic N) is 5. The molecule has 0 spiro atoms. The van der Waals surface area contributed by atoms with Crippen molar-refractivity contribution in [2.75, 3.05) is 6.61 Å². The molecule has 3 aromatic carbocycles. The number of rotatable bonds is 6. The summed E-state index contributed by atoms with van der Waals surface area (Å²) >= 11 is 1.29. The number of aryl methyl sites for hydroxylation is 1. The van der Waals surface area contributed by atoms with Gasteiger partial charge >= 0.3 is 0 Å². The van der Waals surface area contributed by atoms with Gasteiger partial charge in [0, 0.05) is 28.3 Å². The minimum Gasteiger partial charge on any atom is -0.494 e. The van der Waals surface area contributed by atoms with Gasteiger partial charge in [0.15, 0.2) is 5.76 Å². The zero-order chi connectivity index (χ0) is 27.2. The van der Waals surface area contributed by atoms with E-state index in [0.29, 0.717) is 27.7 Å². The number of para-hydroxylation sites is 2. The molecule has 0 bridgehead atoms. The fourth-order valence-corrected chi connectivity index (χ4v) is 5.66.